The molecule has 0 aliphatic heterocycles. The summed E-state index contributed by atoms with van der Waals surface area (Å²) in [4.78, 5) is 5.58. The molecule has 1 aromatic heterocycles. The molecule has 0 saturated carbocycles. The van der Waals surface area contributed by atoms with Crippen LogP contribution in [0.25, 0.3) is 11.3 Å². The van der Waals surface area contributed by atoms with Gasteiger partial charge in [-0.1, -0.05) is 23.7 Å². The van der Waals surface area contributed by atoms with E-state index in [1.807, 2.05) is 29.8 Å². The first-order valence-electron chi connectivity index (χ1n) is 4.55. The zero-order valence-corrected chi connectivity index (χ0v) is 11.5. The van der Waals surface area contributed by atoms with Crippen molar-refractivity contribution in [3.05, 3.63) is 39.7 Å². The summed E-state index contributed by atoms with van der Waals surface area (Å²) in [5.41, 5.74) is 3.98. The third-order valence-electron chi connectivity index (χ3n) is 2.08. The van der Waals surface area contributed by atoms with Crippen LogP contribution in [0.4, 0.5) is 0 Å². The zero-order chi connectivity index (χ0) is 10.7. The quantitative estimate of drug-likeness (QED) is 0.750. The van der Waals surface area contributed by atoms with E-state index in [0.717, 1.165) is 22.7 Å². The topological polar surface area (TPSA) is 12.9 Å². The van der Waals surface area contributed by atoms with Crippen molar-refractivity contribution in [2.75, 3.05) is 5.88 Å². The maximum atomic E-state index is 5.84. The van der Waals surface area contributed by atoms with Crippen molar-refractivity contribution in [2.45, 2.75) is 6.42 Å². The van der Waals surface area contributed by atoms with Gasteiger partial charge in [-0.3, -0.25) is 0 Å². The largest absolute Gasteiger partial charge is 0.244 e. The predicted molar refractivity (Wildman–Crippen MR) is 74.2 cm³/mol. The molecule has 5 heteroatoms. The molecule has 86 valence electrons. The molecule has 0 fully saturated rings. The standard InChI is InChI=1S/C11H9Cl2NS.ClH/c12-6-5-10-11(14-7-15-10)8-1-3-9(13)4-2-8;/h1-4,7H,5-6H2;1H. The van der Waals surface area contributed by atoms with Gasteiger partial charge >= 0.3 is 0 Å². The minimum absolute atomic E-state index is 0. The second kappa shape index (κ2) is 6.45. The van der Waals surface area contributed by atoms with Gasteiger partial charge in [0, 0.05) is 21.3 Å². The van der Waals surface area contributed by atoms with Gasteiger partial charge in [0.2, 0.25) is 0 Å². The number of aromatic nitrogens is 1. The number of benzene rings is 1. The Labute approximate surface area is 115 Å². The van der Waals surface area contributed by atoms with Crippen LogP contribution in [-0.4, -0.2) is 10.9 Å². The van der Waals surface area contributed by atoms with Crippen LogP contribution in [0.2, 0.25) is 5.02 Å². The fraction of sp³-hybridized carbons (Fsp3) is 0.182. The first-order valence-corrected chi connectivity index (χ1v) is 6.34. The van der Waals surface area contributed by atoms with Crippen molar-refractivity contribution < 1.29 is 0 Å². The molecule has 1 aromatic carbocycles. The van der Waals surface area contributed by atoms with E-state index < -0.39 is 0 Å². The molecule has 1 nitrogen and oxygen atoms in total. The van der Waals surface area contributed by atoms with Crippen LogP contribution in [0, 0.1) is 0 Å². The second-order valence-electron chi connectivity index (χ2n) is 3.07. The lowest BCUT2D eigenvalue weighted by Gasteiger charge is -2.00. The van der Waals surface area contributed by atoms with Crippen LogP contribution in [0.5, 0.6) is 0 Å². The van der Waals surface area contributed by atoms with Crippen molar-refractivity contribution in [2.24, 2.45) is 0 Å². The number of hydrogen-bond donors (Lipinski definition) is 0. The normalized spacial score (nSPS) is 9.88. The van der Waals surface area contributed by atoms with Crippen LogP contribution in [0.3, 0.4) is 0 Å². The molecular weight excluding hydrogens is 285 g/mol. The van der Waals surface area contributed by atoms with Gasteiger partial charge in [0.05, 0.1) is 11.2 Å². The summed E-state index contributed by atoms with van der Waals surface area (Å²) < 4.78 is 0. The van der Waals surface area contributed by atoms with Crippen molar-refractivity contribution in [1.29, 1.82) is 0 Å². The minimum Gasteiger partial charge on any atom is -0.244 e. The van der Waals surface area contributed by atoms with E-state index in [1.54, 1.807) is 11.3 Å². The number of alkyl halides is 1. The van der Waals surface area contributed by atoms with Gasteiger partial charge < -0.3 is 0 Å². The highest BCUT2D eigenvalue weighted by atomic mass is 35.5. The highest BCUT2D eigenvalue weighted by Gasteiger charge is 2.07. The molecule has 0 unspecified atom stereocenters. The molecule has 0 spiro atoms. The van der Waals surface area contributed by atoms with Gasteiger partial charge in [-0.25, -0.2) is 4.98 Å². The van der Waals surface area contributed by atoms with E-state index in [2.05, 4.69) is 4.98 Å². The molecule has 0 atom stereocenters. The summed E-state index contributed by atoms with van der Waals surface area (Å²) in [6, 6.07) is 7.71. The molecule has 1 heterocycles. The molecule has 0 saturated heterocycles. The van der Waals surface area contributed by atoms with Gasteiger partial charge in [0.25, 0.3) is 0 Å². The van der Waals surface area contributed by atoms with Crippen molar-refractivity contribution in [3.8, 4) is 11.3 Å². The third kappa shape index (κ3) is 3.11. The van der Waals surface area contributed by atoms with Gasteiger partial charge in [-0.15, -0.1) is 35.3 Å². The fourth-order valence-corrected chi connectivity index (χ4v) is 2.59. The average molecular weight is 295 g/mol. The molecule has 0 amide bonds. The number of halogens is 3. The van der Waals surface area contributed by atoms with Crippen molar-refractivity contribution in [1.82, 2.24) is 4.98 Å². The number of aryl methyl sites for hydroxylation is 1. The Balaban J connectivity index is 0.00000128. The SMILES string of the molecule is Cl.ClCCc1scnc1-c1ccc(Cl)cc1. The van der Waals surface area contributed by atoms with E-state index in [9.17, 15) is 0 Å². The number of hydrogen-bond acceptors (Lipinski definition) is 2. The summed E-state index contributed by atoms with van der Waals surface area (Å²) in [5, 5.41) is 0.743. The second-order valence-corrected chi connectivity index (χ2v) is 4.82. The lowest BCUT2D eigenvalue weighted by atomic mass is 10.1. The number of thiazole rings is 1. The third-order valence-corrected chi connectivity index (χ3v) is 3.41. The Bertz CT molecular complexity index is 439. The molecule has 2 aromatic rings. The molecule has 0 bridgehead atoms. The summed E-state index contributed by atoms with van der Waals surface area (Å²) >= 11 is 13.2. The van der Waals surface area contributed by atoms with Gasteiger partial charge in [-0.2, -0.15) is 0 Å². The number of rotatable bonds is 3. The van der Waals surface area contributed by atoms with Crippen molar-refractivity contribution >= 4 is 46.9 Å². The van der Waals surface area contributed by atoms with E-state index in [0.29, 0.717) is 5.88 Å². The summed E-state index contributed by atoms with van der Waals surface area (Å²) in [6.07, 6.45) is 0.865. The zero-order valence-electron chi connectivity index (χ0n) is 8.32. The molecule has 0 aliphatic rings. The molecule has 0 N–H and O–H groups in total. The van der Waals surface area contributed by atoms with E-state index in [1.165, 1.54) is 4.88 Å². The molecular formula is C11H10Cl3NS. The lowest BCUT2D eigenvalue weighted by Crippen LogP contribution is -1.86. The van der Waals surface area contributed by atoms with E-state index >= 15 is 0 Å². The van der Waals surface area contributed by atoms with E-state index in [-0.39, 0.29) is 12.4 Å². The van der Waals surface area contributed by atoms with Crippen LogP contribution in [0.15, 0.2) is 29.8 Å². The maximum Gasteiger partial charge on any atom is 0.0843 e. The van der Waals surface area contributed by atoms with Crippen LogP contribution < -0.4 is 0 Å². The number of nitrogens with zero attached hydrogens (tertiary/aromatic N) is 1. The molecule has 0 aliphatic carbocycles. The van der Waals surface area contributed by atoms with Gasteiger partial charge in [0.1, 0.15) is 0 Å². The minimum atomic E-state index is 0. The Morgan fingerprint density at radius 3 is 2.50 bits per heavy atom. The molecule has 16 heavy (non-hydrogen) atoms. The lowest BCUT2D eigenvalue weighted by molar-refractivity contribution is 1.18. The Morgan fingerprint density at radius 2 is 1.88 bits per heavy atom. The predicted octanol–water partition coefficient (Wildman–Crippen LogP) is 4.67. The Morgan fingerprint density at radius 1 is 1.19 bits per heavy atom. The molecule has 2 rings (SSSR count). The van der Waals surface area contributed by atoms with Crippen LogP contribution in [0.1, 0.15) is 4.88 Å². The van der Waals surface area contributed by atoms with Gasteiger partial charge in [0.15, 0.2) is 0 Å². The first-order chi connectivity index (χ1) is 7.31. The summed E-state index contributed by atoms with van der Waals surface area (Å²) in [7, 11) is 0. The first kappa shape index (κ1) is 13.8. The summed E-state index contributed by atoms with van der Waals surface area (Å²) in [6.45, 7) is 0. The maximum absolute atomic E-state index is 5.84. The Kier molecular flexibility index (Phi) is 5.56. The van der Waals surface area contributed by atoms with Crippen LogP contribution in [-0.2, 0) is 6.42 Å². The van der Waals surface area contributed by atoms with Gasteiger partial charge in [-0.05, 0) is 18.6 Å². The monoisotopic (exact) mass is 293 g/mol. The summed E-state index contributed by atoms with van der Waals surface area (Å²) in [5.74, 6) is 0.628. The van der Waals surface area contributed by atoms with Crippen molar-refractivity contribution in [3.63, 3.8) is 0 Å². The Hall–Kier alpha value is -0.280. The highest BCUT2D eigenvalue weighted by molar-refractivity contribution is 7.10. The smallest absolute Gasteiger partial charge is 0.0843 e. The molecule has 0 radical (unpaired) electrons. The fourth-order valence-electron chi connectivity index (χ4n) is 1.38. The van der Waals surface area contributed by atoms with Crippen LogP contribution >= 0.6 is 46.9 Å². The highest BCUT2D eigenvalue weighted by Crippen LogP contribution is 2.27. The van der Waals surface area contributed by atoms with E-state index in [4.69, 9.17) is 23.2 Å². The average Bonchev–Trinajstić information content (AvgIpc) is 2.68.